The Bertz CT molecular complexity index is 333. The minimum atomic E-state index is -0.286. The topological polar surface area (TPSA) is 26.7 Å². The molecule has 2 aliphatic heterocycles. The zero-order chi connectivity index (χ0) is 13.0. The standard InChI is InChI=1S/C13H20Br2N2O/c14-11-3-1-5-16(7-11)9-13(18)10-17-6-2-4-12(15)8-17/h1,3,7,12-13,18H,2,4-6,8-10H2. The van der Waals surface area contributed by atoms with E-state index in [1.54, 1.807) is 0 Å². The Morgan fingerprint density at radius 3 is 3.00 bits per heavy atom. The predicted octanol–water partition coefficient (Wildman–Crippen LogP) is 2.31. The van der Waals surface area contributed by atoms with Gasteiger partial charge in [-0.05, 0) is 41.4 Å². The number of hydrogen-bond acceptors (Lipinski definition) is 3. The summed E-state index contributed by atoms with van der Waals surface area (Å²) in [5, 5.41) is 10.2. The molecule has 18 heavy (non-hydrogen) atoms. The number of alkyl halides is 1. The van der Waals surface area contributed by atoms with Crippen LogP contribution in [0.5, 0.6) is 0 Å². The smallest absolute Gasteiger partial charge is 0.0841 e. The highest BCUT2D eigenvalue weighted by molar-refractivity contribution is 9.11. The van der Waals surface area contributed by atoms with Gasteiger partial charge in [0.15, 0.2) is 0 Å². The molecular weight excluding hydrogens is 360 g/mol. The van der Waals surface area contributed by atoms with Crippen molar-refractivity contribution in [3.63, 3.8) is 0 Å². The average molecular weight is 380 g/mol. The van der Waals surface area contributed by atoms with Crippen molar-refractivity contribution >= 4 is 31.9 Å². The molecule has 1 N–H and O–H groups in total. The maximum Gasteiger partial charge on any atom is 0.0841 e. The molecule has 0 radical (unpaired) electrons. The Kier molecular flexibility index (Phi) is 5.73. The highest BCUT2D eigenvalue weighted by Gasteiger charge is 2.20. The summed E-state index contributed by atoms with van der Waals surface area (Å²) in [5.41, 5.74) is 0. The molecule has 3 nitrogen and oxygen atoms in total. The van der Waals surface area contributed by atoms with Gasteiger partial charge in [0.05, 0.1) is 6.10 Å². The molecule has 2 rings (SSSR count). The summed E-state index contributed by atoms with van der Waals surface area (Å²) in [6.45, 7) is 4.51. The molecule has 0 aliphatic carbocycles. The molecule has 0 bridgehead atoms. The summed E-state index contributed by atoms with van der Waals surface area (Å²) < 4.78 is 1.07. The molecule has 2 aliphatic rings. The highest BCUT2D eigenvalue weighted by atomic mass is 79.9. The molecule has 0 aromatic rings. The highest BCUT2D eigenvalue weighted by Crippen LogP contribution is 2.17. The number of piperidine rings is 1. The first-order valence-electron chi connectivity index (χ1n) is 6.46. The van der Waals surface area contributed by atoms with E-state index in [0.29, 0.717) is 11.4 Å². The van der Waals surface area contributed by atoms with Gasteiger partial charge in [0.1, 0.15) is 0 Å². The van der Waals surface area contributed by atoms with Crippen LogP contribution in [0, 0.1) is 0 Å². The van der Waals surface area contributed by atoms with Crippen LogP contribution in [-0.2, 0) is 0 Å². The van der Waals surface area contributed by atoms with E-state index in [1.165, 1.54) is 12.8 Å². The van der Waals surface area contributed by atoms with Crippen molar-refractivity contribution in [2.45, 2.75) is 23.8 Å². The lowest BCUT2D eigenvalue weighted by Gasteiger charge is -2.33. The van der Waals surface area contributed by atoms with E-state index in [4.69, 9.17) is 0 Å². The van der Waals surface area contributed by atoms with Crippen molar-refractivity contribution in [2.75, 3.05) is 32.7 Å². The van der Waals surface area contributed by atoms with Crippen LogP contribution < -0.4 is 0 Å². The van der Waals surface area contributed by atoms with Gasteiger partial charge in [0.2, 0.25) is 0 Å². The van der Waals surface area contributed by atoms with E-state index >= 15 is 0 Å². The summed E-state index contributed by atoms with van der Waals surface area (Å²) in [5.74, 6) is 0. The molecule has 2 unspecified atom stereocenters. The molecular formula is C13H20Br2N2O. The Morgan fingerprint density at radius 1 is 1.44 bits per heavy atom. The molecule has 2 atom stereocenters. The predicted molar refractivity (Wildman–Crippen MR) is 82.1 cm³/mol. The van der Waals surface area contributed by atoms with Crippen LogP contribution in [0.1, 0.15) is 12.8 Å². The molecule has 1 saturated heterocycles. The van der Waals surface area contributed by atoms with Gasteiger partial charge in [-0.1, -0.05) is 22.0 Å². The summed E-state index contributed by atoms with van der Waals surface area (Å²) in [6, 6.07) is 0. The van der Waals surface area contributed by atoms with E-state index in [9.17, 15) is 5.11 Å². The summed E-state index contributed by atoms with van der Waals surface area (Å²) >= 11 is 7.13. The summed E-state index contributed by atoms with van der Waals surface area (Å²) in [7, 11) is 0. The van der Waals surface area contributed by atoms with E-state index in [1.807, 2.05) is 12.3 Å². The molecule has 1 fully saturated rings. The van der Waals surface area contributed by atoms with Crippen molar-refractivity contribution in [2.24, 2.45) is 0 Å². The van der Waals surface area contributed by atoms with Crippen LogP contribution in [-0.4, -0.2) is 58.6 Å². The number of aliphatic hydroxyl groups excluding tert-OH is 1. The molecule has 0 amide bonds. The van der Waals surface area contributed by atoms with Gasteiger partial charge >= 0.3 is 0 Å². The molecule has 0 saturated carbocycles. The Hall–Kier alpha value is 0.160. The van der Waals surface area contributed by atoms with Gasteiger partial charge in [0.25, 0.3) is 0 Å². The SMILES string of the molecule is OC(CN1C=C(Br)C=CC1)CN1CCCC(Br)C1. The monoisotopic (exact) mass is 378 g/mol. The number of rotatable bonds is 4. The van der Waals surface area contributed by atoms with Crippen LogP contribution in [0.15, 0.2) is 22.8 Å². The number of aliphatic hydroxyl groups is 1. The second-order valence-electron chi connectivity index (χ2n) is 5.02. The van der Waals surface area contributed by atoms with Gasteiger partial charge < -0.3 is 10.0 Å². The lowest BCUT2D eigenvalue weighted by molar-refractivity contribution is 0.0827. The van der Waals surface area contributed by atoms with Gasteiger partial charge in [-0.3, -0.25) is 4.90 Å². The minimum Gasteiger partial charge on any atom is -0.390 e. The molecule has 0 aromatic heterocycles. The lowest BCUT2D eigenvalue weighted by Crippen LogP contribution is -2.43. The minimum absolute atomic E-state index is 0.286. The van der Waals surface area contributed by atoms with E-state index in [2.05, 4.69) is 47.7 Å². The van der Waals surface area contributed by atoms with E-state index < -0.39 is 0 Å². The van der Waals surface area contributed by atoms with Crippen molar-refractivity contribution in [3.05, 3.63) is 22.8 Å². The average Bonchev–Trinajstić information content (AvgIpc) is 2.28. The Morgan fingerprint density at radius 2 is 2.28 bits per heavy atom. The second-order valence-corrected chi connectivity index (χ2v) is 7.23. The van der Waals surface area contributed by atoms with Gasteiger partial charge in [0, 0.05) is 41.7 Å². The number of halogens is 2. The van der Waals surface area contributed by atoms with Crippen molar-refractivity contribution in [1.82, 2.24) is 9.80 Å². The van der Waals surface area contributed by atoms with E-state index in [-0.39, 0.29) is 6.10 Å². The number of allylic oxidation sites excluding steroid dienone is 2. The van der Waals surface area contributed by atoms with Gasteiger partial charge in [-0.15, -0.1) is 0 Å². The number of hydrogen-bond donors (Lipinski definition) is 1. The first-order chi connectivity index (χ1) is 8.63. The molecule has 0 spiro atoms. The number of nitrogens with zero attached hydrogens (tertiary/aromatic N) is 2. The third-order valence-electron chi connectivity index (χ3n) is 3.29. The number of β-amino-alcohol motifs (C(OH)–C–C–N with tert-alkyl or cyclic N) is 1. The fourth-order valence-corrected chi connectivity index (χ4v) is 3.70. The first-order valence-corrected chi connectivity index (χ1v) is 8.17. The molecule has 2 heterocycles. The van der Waals surface area contributed by atoms with Gasteiger partial charge in [-0.25, -0.2) is 0 Å². The summed E-state index contributed by atoms with van der Waals surface area (Å²) in [6.07, 6.45) is 8.38. The maximum absolute atomic E-state index is 10.2. The maximum atomic E-state index is 10.2. The van der Waals surface area contributed by atoms with E-state index in [0.717, 1.165) is 30.7 Å². The fourth-order valence-electron chi connectivity index (χ4n) is 2.49. The van der Waals surface area contributed by atoms with Crippen LogP contribution >= 0.6 is 31.9 Å². The fraction of sp³-hybridized carbons (Fsp3) is 0.692. The van der Waals surface area contributed by atoms with Crippen LogP contribution in [0.25, 0.3) is 0 Å². The quantitative estimate of drug-likeness (QED) is 0.759. The van der Waals surface area contributed by atoms with Crippen LogP contribution in [0.3, 0.4) is 0 Å². The molecule has 5 heteroatoms. The normalized spacial score (nSPS) is 27.2. The Balaban J connectivity index is 1.74. The molecule has 0 aromatic carbocycles. The zero-order valence-corrected chi connectivity index (χ0v) is 13.6. The summed E-state index contributed by atoms with van der Waals surface area (Å²) in [4.78, 5) is 5.08. The molecule has 102 valence electrons. The van der Waals surface area contributed by atoms with Crippen LogP contribution in [0.4, 0.5) is 0 Å². The second kappa shape index (κ2) is 7.08. The largest absolute Gasteiger partial charge is 0.390 e. The Labute approximate surface area is 126 Å². The van der Waals surface area contributed by atoms with Gasteiger partial charge in [-0.2, -0.15) is 0 Å². The first kappa shape index (κ1) is 14.6. The lowest BCUT2D eigenvalue weighted by atomic mass is 10.1. The van der Waals surface area contributed by atoms with Crippen LogP contribution in [0.2, 0.25) is 0 Å². The van der Waals surface area contributed by atoms with Crippen molar-refractivity contribution in [1.29, 1.82) is 0 Å². The van der Waals surface area contributed by atoms with Crippen molar-refractivity contribution in [3.8, 4) is 0 Å². The number of likely N-dealkylation sites (tertiary alicyclic amines) is 1. The third kappa shape index (κ3) is 4.68. The zero-order valence-electron chi connectivity index (χ0n) is 10.4. The third-order valence-corrected chi connectivity index (χ3v) is 4.50. The van der Waals surface area contributed by atoms with Crippen molar-refractivity contribution < 1.29 is 5.11 Å².